The molecule has 2 amide bonds. The molecule has 14 nitrogen and oxygen atoms in total. The van der Waals surface area contributed by atoms with Gasteiger partial charge in [0.1, 0.15) is 17.0 Å². The van der Waals surface area contributed by atoms with Crippen LogP contribution in [-0.4, -0.2) is 71.9 Å². The molecule has 0 spiro atoms. The van der Waals surface area contributed by atoms with Gasteiger partial charge in [-0.2, -0.15) is 0 Å². The van der Waals surface area contributed by atoms with Crippen molar-refractivity contribution in [2.24, 2.45) is 10.5 Å². The summed E-state index contributed by atoms with van der Waals surface area (Å²) in [6, 6.07) is 1.77. The molecule has 0 fully saturated rings. The molecular weight excluding hydrogens is 530 g/mol. The number of azide groups is 1. The number of rotatable bonds is 14. The summed E-state index contributed by atoms with van der Waals surface area (Å²) in [5.41, 5.74) is 9.76. The van der Waals surface area contributed by atoms with Crippen LogP contribution in [0, 0.1) is 5.41 Å². The van der Waals surface area contributed by atoms with E-state index in [0.717, 1.165) is 37.1 Å². The second-order valence-corrected chi connectivity index (χ2v) is 11.4. The second kappa shape index (κ2) is 14.6. The third-order valence-electron chi connectivity index (χ3n) is 6.50. The van der Waals surface area contributed by atoms with Gasteiger partial charge in [-0.15, -0.1) is 0 Å². The molecule has 2 aromatic rings. The lowest BCUT2D eigenvalue weighted by Crippen LogP contribution is -2.48. The number of ether oxygens (including phenoxy) is 2. The maximum Gasteiger partial charge on any atom is 0.407 e. The minimum atomic E-state index is -0.669. The predicted octanol–water partition coefficient (Wildman–Crippen LogP) is 3.42. The van der Waals surface area contributed by atoms with E-state index in [1.807, 2.05) is 6.92 Å². The molecular formula is C27H41N9O5. The summed E-state index contributed by atoms with van der Waals surface area (Å²) < 4.78 is 10.7. The first kappa shape index (κ1) is 31.5. The molecule has 2 heterocycles. The SMILES string of the molecule is CC(CNC(=O)CCOCCN=[N+]=[N-])(CNC(=O)OC(C)(C)C)CNc1cc[nH]c(=O)c1-c1nc2c([nH]1)CCCC2. The highest BCUT2D eigenvalue weighted by atomic mass is 16.6. The van der Waals surface area contributed by atoms with Crippen LogP contribution in [-0.2, 0) is 27.1 Å². The summed E-state index contributed by atoms with van der Waals surface area (Å²) in [6.07, 6.45) is 5.07. The number of carbonyl (C=O) groups is 2. The number of alkyl carbamates (subject to hydrolysis) is 1. The molecule has 14 heteroatoms. The molecule has 0 aliphatic heterocycles. The van der Waals surface area contributed by atoms with Gasteiger partial charge < -0.3 is 35.4 Å². The zero-order valence-corrected chi connectivity index (χ0v) is 24.3. The molecule has 1 unspecified atom stereocenters. The van der Waals surface area contributed by atoms with Gasteiger partial charge in [0.2, 0.25) is 5.91 Å². The largest absolute Gasteiger partial charge is 0.444 e. The minimum Gasteiger partial charge on any atom is -0.444 e. The quantitative estimate of drug-likeness (QED) is 0.0989. The van der Waals surface area contributed by atoms with Crippen molar-refractivity contribution >= 4 is 17.7 Å². The Morgan fingerprint density at radius 1 is 1.12 bits per heavy atom. The van der Waals surface area contributed by atoms with Gasteiger partial charge >= 0.3 is 6.09 Å². The topological polar surface area (TPSA) is 199 Å². The first-order valence-corrected chi connectivity index (χ1v) is 13.9. The molecule has 0 radical (unpaired) electrons. The standard InChI is InChI=1S/C27H41N9O5/c1-26(2,3)41-25(39)32-17-27(4,16-31-21(37)10-13-40-14-12-33-36-28)15-30-20-9-11-29-24(38)22(20)23-34-18-7-5-6-8-19(18)35-23/h9,11H,5-8,10,12-17H2,1-4H3,(H,31,37)(H,32,39)(H,34,35)(H2,29,30,38). The number of fused-ring (bicyclic) bond motifs is 1. The number of aryl methyl sites for hydroxylation is 2. The highest BCUT2D eigenvalue weighted by molar-refractivity contribution is 5.76. The van der Waals surface area contributed by atoms with E-state index in [0.29, 0.717) is 23.6 Å². The number of aromatic nitrogens is 3. The van der Waals surface area contributed by atoms with Crippen LogP contribution in [0.4, 0.5) is 10.5 Å². The maximum atomic E-state index is 12.9. The van der Waals surface area contributed by atoms with Gasteiger partial charge in [-0.3, -0.25) is 9.59 Å². The van der Waals surface area contributed by atoms with Crippen LogP contribution in [0.3, 0.4) is 0 Å². The van der Waals surface area contributed by atoms with Crippen LogP contribution < -0.4 is 21.5 Å². The highest BCUT2D eigenvalue weighted by Gasteiger charge is 2.28. The van der Waals surface area contributed by atoms with Gasteiger partial charge in [0.15, 0.2) is 0 Å². The van der Waals surface area contributed by atoms with Gasteiger partial charge in [0, 0.05) is 54.8 Å². The molecule has 0 saturated heterocycles. The second-order valence-electron chi connectivity index (χ2n) is 11.4. The van der Waals surface area contributed by atoms with Crippen LogP contribution in [0.15, 0.2) is 22.2 Å². The van der Waals surface area contributed by atoms with Crippen molar-refractivity contribution in [2.75, 3.05) is 44.7 Å². The maximum absolute atomic E-state index is 12.9. The van der Waals surface area contributed by atoms with Crippen molar-refractivity contribution < 1.29 is 19.1 Å². The zero-order chi connectivity index (χ0) is 29.9. The minimum absolute atomic E-state index is 0.126. The summed E-state index contributed by atoms with van der Waals surface area (Å²) in [7, 11) is 0. The number of amides is 2. The van der Waals surface area contributed by atoms with E-state index in [2.05, 4.69) is 35.9 Å². The number of H-pyrrole nitrogens is 2. The molecule has 2 aromatic heterocycles. The molecule has 5 N–H and O–H groups in total. The van der Waals surface area contributed by atoms with Gasteiger partial charge in [-0.25, -0.2) is 9.78 Å². The van der Waals surface area contributed by atoms with Crippen molar-refractivity contribution in [3.05, 3.63) is 44.4 Å². The monoisotopic (exact) mass is 571 g/mol. The third kappa shape index (κ3) is 10.1. The molecule has 1 aliphatic rings. The number of imidazole rings is 1. The van der Waals surface area contributed by atoms with E-state index in [9.17, 15) is 14.4 Å². The number of anilines is 1. The van der Waals surface area contributed by atoms with E-state index < -0.39 is 17.1 Å². The average Bonchev–Trinajstić information content (AvgIpc) is 3.34. The lowest BCUT2D eigenvalue weighted by atomic mass is 9.90. The number of hydrogen-bond acceptors (Lipinski definition) is 8. The molecule has 0 saturated carbocycles. The smallest absolute Gasteiger partial charge is 0.407 e. The Labute approximate surface area is 239 Å². The van der Waals surface area contributed by atoms with Gasteiger partial charge in [-0.1, -0.05) is 12.0 Å². The molecule has 224 valence electrons. The zero-order valence-electron chi connectivity index (χ0n) is 24.3. The molecule has 41 heavy (non-hydrogen) atoms. The summed E-state index contributed by atoms with van der Waals surface area (Å²) in [6.45, 7) is 8.58. The Morgan fingerprint density at radius 2 is 1.88 bits per heavy atom. The van der Waals surface area contributed by atoms with Crippen LogP contribution in [0.5, 0.6) is 0 Å². The molecule has 0 aromatic carbocycles. The third-order valence-corrected chi connectivity index (χ3v) is 6.50. The fraction of sp³-hybridized carbons (Fsp3) is 0.630. The Balaban J connectivity index is 1.70. The normalized spacial score (nSPS) is 14.2. The van der Waals surface area contributed by atoms with Crippen LogP contribution in [0.25, 0.3) is 21.8 Å². The fourth-order valence-electron chi connectivity index (χ4n) is 4.35. The Bertz CT molecular complexity index is 1270. The van der Waals surface area contributed by atoms with E-state index >= 15 is 0 Å². The molecule has 3 rings (SSSR count). The fourth-order valence-corrected chi connectivity index (χ4v) is 4.35. The highest BCUT2D eigenvalue weighted by Crippen LogP contribution is 2.27. The van der Waals surface area contributed by atoms with Gasteiger partial charge in [-0.05, 0) is 58.1 Å². The number of nitrogens with one attached hydrogen (secondary N) is 5. The average molecular weight is 572 g/mol. The van der Waals surface area contributed by atoms with Crippen molar-refractivity contribution in [3.8, 4) is 11.4 Å². The van der Waals surface area contributed by atoms with Crippen molar-refractivity contribution in [1.82, 2.24) is 25.6 Å². The van der Waals surface area contributed by atoms with Crippen molar-refractivity contribution in [2.45, 2.75) is 65.4 Å². The first-order valence-electron chi connectivity index (χ1n) is 13.9. The van der Waals surface area contributed by atoms with E-state index in [1.54, 1.807) is 33.0 Å². The number of aromatic amines is 2. The van der Waals surface area contributed by atoms with Crippen molar-refractivity contribution in [1.29, 1.82) is 0 Å². The summed E-state index contributed by atoms with van der Waals surface area (Å²) in [4.78, 5) is 51.2. The Hall–Kier alpha value is -4.03. The summed E-state index contributed by atoms with van der Waals surface area (Å²) in [5.74, 6) is 0.291. The lowest BCUT2D eigenvalue weighted by molar-refractivity contribution is -0.122. The number of carbonyl (C=O) groups excluding carboxylic acids is 2. The number of pyridine rings is 1. The first-order chi connectivity index (χ1) is 19.5. The Kier molecular flexibility index (Phi) is 11.2. The lowest BCUT2D eigenvalue weighted by Gasteiger charge is -2.31. The molecule has 0 bridgehead atoms. The molecule has 1 aliphatic carbocycles. The summed E-state index contributed by atoms with van der Waals surface area (Å²) >= 11 is 0. The van der Waals surface area contributed by atoms with Crippen LogP contribution in [0.1, 0.15) is 58.3 Å². The Morgan fingerprint density at radius 3 is 2.61 bits per heavy atom. The summed E-state index contributed by atoms with van der Waals surface area (Å²) in [5, 5.41) is 12.4. The predicted molar refractivity (Wildman–Crippen MR) is 155 cm³/mol. The van der Waals surface area contributed by atoms with Crippen LogP contribution >= 0.6 is 0 Å². The number of hydrogen-bond donors (Lipinski definition) is 5. The van der Waals surface area contributed by atoms with E-state index in [-0.39, 0.29) is 50.7 Å². The van der Waals surface area contributed by atoms with Crippen LogP contribution in [0.2, 0.25) is 0 Å². The van der Waals surface area contributed by atoms with E-state index in [4.69, 9.17) is 20.0 Å². The van der Waals surface area contributed by atoms with Gasteiger partial charge in [0.25, 0.3) is 5.56 Å². The number of nitrogens with zero attached hydrogens (tertiary/aromatic N) is 4. The van der Waals surface area contributed by atoms with E-state index in [1.165, 1.54) is 0 Å². The molecule has 1 atom stereocenters. The van der Waals surface area contributed by atoms with Gasteiger partial charge in [0.05, 0.1) is 24.6 Å². The van der Waals surface area contributed by atoms with Crippen molar-refractivity contribution in [3.63, 3.8) is 0 Å².